The van der Waals surface area contributed by atoms with Crippen LogP contribution in [0.2, 0.25) is 5.02 Å². The Kier molecular flexibility index (Phi) is 4.31. The van der Waals surface area contributed by atoms with Crippen molar-refractivity contribution < 1.29 is 9.18 Å². The summed E-state index contributed by atoms with van der Waals surface area (Å²) in [6, 6.07) is 12.1. The minimum atomic E-state index is -0.299. The fourth-order valence-electron chi connectivity index (χ4n) is 2.94. The molecule has 0 unspecified atom stereocenters. The van der Waals surface area contributed by atoms with E-state index in [1.807, 2.05) is 18.2 Å². The number of benzene rings is 2. The molecule has 1 aliphatic heterocycles. The average Bonchev–Trinajstić information content (AvgIpc) is 3.07. The molecule has 0 aliphatic carbocycles. The molecule has 0 bridgehead atoms. The molecule has 1 aromatic heterocycles. The van der Waals surface area contributed by atoms with E-state index in [-0.39, 0.29) is 11.7 Å². The van der Waals surface area contributed by atoms with E-state index in [1.165, 1.54) is 17.4 Å². The Labute approximate surface area is 153 Å². The van der Waals surface area contributed by atoms with E-state index < -0.39 is 0 Å². The molecule has 7 heteroatoms. The van der Waals surface area contributed by atoms with Gasteiger partial charge in [-0.05, 0) is 24.3 Å². The van der Waals surface area contributed by atoms with Crippen molar-refractivity contribution in [2.75, 3.05) is 31.1 Å². The van der Waals surface area contributed by atoms with Crippen molar-refractivity contribution in [2.45, 2.75) is 0 Å². The highest BCUT2D eigenvalue weighted by molar-refractivity contribution is 7.22. The predicted octanol–water partition coefficient (Wildman–Crippen LogP) is 4.05. The van der Waals surface area contributed by atoms with Gasteiger partial charge in [0.15, 0.2) is 5.13 Å². The lowest BCUT2D eigenvalue weighted by atomic mass is 10.2. The predicted molar refractivity (Wildman–Crippen MR) is 99.1 cm³/mol. The van der Waals surface area contributed by atoms with Crippen molar-refractivity contribution in [1.29, 1.82) is 0 Å². The summed E-state index contributed by atoms with van der Waals surface area (Å²) in [7, 11) is 0. The molecule has 0 radical (unpaired) electrons. The highest BCUT2D eigenvalue weighted by Gasteiger charge is 2.25. The maximum atomic E-state index is 13.8. The van der Waals surface area contributed by atoms with Crippen molar-refractivity contribution in [2.24, 2.45) is 0 Å². The molecule has 0 N–H and O–H groups in total. The summed E-state index contributed by atoms with van der Waals surface area (Å²) in [6.07, 6.45) is 0. The number of fused-ring (bicyclic) bond motifs is 1. The second-order valence-electron chi connectivity index (χ2n) is 5.84. The number of rotatable bonds is 2. The zero-order valence-corrected chi connectivity index (χ0v) is 14.9. The van der Waals surface area contributed by atoms with Crippen LogP contribution in [0.3, 0.4) is 0 Å². The number of hydrogen-bond acceptors (Lipinski definition) is 4. The van der Waals surface area contributed by atoms with Crippen molar-refractivity contribution in [3.05, 3.63) is 58.9 Å². The van der Waals surface area contributed by atoms with Gasteiger partial charge in [0.1, 0.15) is 11.3 Å². The van der Waals surface area contributed by atoms with Crippen LogP contribution >= 0.6 is 22.9 Å². The number of carbonyl (C=O) groups excluding carboxylic acids is 1. The normalized spacial score (nSPS) is 15.0. The lowest BCUT2D eigenvalue weighted by Gasteiger charge is -2.34. The topological polar surface area (TPSA) is 36.4 Å². The summed E-state index contributed by atoms with van der Waals surface area (Å²) in [5.74, 6) is -0.354. The van der Waals surface area contributed by atoms with Crippen LogP contribution in [0.4, 0.5) is 9.52 Å². The Morgan fingerprint density at radius 1 is 1.08 bits per heavy atom. The highest BCUT2D eigenvalue weighted by atomic mass is 35.5. The maximum absolute atomic E-state index is 13.8. The van der Waals surface area contributed by atoms with Crippen LogP contribution in [0.15, 0.2) is 42.5 Å². The van der Waals surface area contributed by atoms with Crippen molar-refractivity contribution in [3.63, 3.8) is 0 Å². The van der Waals surface area contributed by atoms with Gasteiger partial charge in [-0.1, -0.05) is 41.1 Å². The fourth-order valence-corrected chi connectivity index (χ4v) is 4.19. The lowest BCUT2D eigenvalue weighted by Crippen LogP contribution is -2.48. The van der Waals surface area contributed by atoms with Gasteiger partial charge in [0, 0.05) is 26.2 Å². The van der Waals surface area contributed by atoms with Crippen LogP contribution < -0.4 is 4.90 Å². The Balaban J connectivity index is 1.48. The average molecular weight is 376 g/mol. The molecular formula is C18H15ClFN3OS. The fraction of sp³-hybridized carbons (Fsp3) is 0.222. The Bertz CT molecular complexity index is 937. The molecule has 0 atom stereocenters. The van der Waals surface area contributed by atoms with E-state index in [2.05, 4.69) is 9.88 Å². The first-order valence-electron chi connectivity index (χ1n) is 7.97. The monoisotopic (exact) mass is 375 g/mol. The minimum absolute atomic E-state index is 0.0550. The van der Waals surface area contributed by atoms with Gasteiger partial charge < -0.3 is 9.80 Å². The molecule has 128 valence electrons. The van der Waals surface area contributed by atoms with E-state index in [1.54, 1.807) is 23.1 Å². The van der Waals surface area contributed by atoms with E-state index >= 15 is 0 Å². The second kappa shape index (κ2) is 6.61. The molecule has 1 aliphatic rings. The summed E-state index contributed by atoms with van der Waals surface area (Å²) in [5, 5.41) is 1.27. The molecule has 1 saturated heterocycles. The van der Waals surface area contributed by atoms with Crippen molar-refractivity contribution in [1.82, 2.24) is 9.88 Å². The second-order valence-corrected chi connectivity index (χ2v) is 7.26. The van der Waals surface area contributed by atoms with E-state index in [0.29, 0.717) is 42.3 Å². The number of amides is 1. The smallest absolute Gasteiger partial charge is 0.255 e. The number of para-hydroxylation sites is 1. The van der Waals surface area contributed by atoms with Gasteiger partial charge in [-0.3, -0.25) is 4.79 Å². The molecule has 2 heterocycles. The van der Waals surface area contributed by atoms with Gasteiger partial charge in [-0.2, -0.15) is 0 Å². The van der Waals surface area contributed by atoms with Gasteiger partial charge in [-0.25, -0.2) is 9.37 Å². The highest BCUT2D eigenvalue weighted by Crippen LogP contribution is 2.31. The van der Waals surface area contributed by atoms with Crippen LogP contribution in [0.25, 0.3) is 10.2 Å². The third kappa shape index (κ3) is 3.07. The molecule has 25 heavy (non-hydrogen) atoms. The summed E-state index contributed by atoms with van der Waals surface area (Å²) >= 11 is 7.60. The standard InChI is InChI=1S/C18H15ClFN3OS/c19-13-5-2-1-4-12(13)17(24)22-8-10-23(11-9-22)18-21-16-14(20)6-3-7-15(16)25-18/h1-7H,8-11H2. The van der Waals surface area contributed by atoms with Gasteiger partial charge in [0.25, 0.3) is 5.91 Å². The number of piperazine rings is 1. The van der Waals surface area contributed by atoms with E-state index in [9.17, 15) is 9.18 Å². The molecule has 0 spiro atoms. The molecule has 4 rings (SSSR count). The summed E-state index contributed by atoms with van der Waals surface area (Å²) in [6.45, 7) is 2.50. The maximum Gasteiger partial charge on any atom is 0.255 e. The molecule has 1 amide bonds. The van der Waals surface area contributed by atoms with Gasteiger partial charge in [-0.15, -0.1) is 0 Å². The summed E-state index contributed by atoms with van der Waals surface area (Å²) in [5.41, 5.74) is 0.941. The molecule has 2 aromatic carbocycles. The van der Waals surface area contributed by atoms with Gasteiger partial charge in [0.2, 0.25) is 0 Å². The van der Waals surface area contributed by atoms with Crippen LogP contribution in [-0.2, 0) is 0 Å². The van der Waals surface area contributed by atoms with Crippen LogP contribution in [0.1, 0.15) is 10.4 Å². The zero-order chi connectivity index (χ0) is 17.4. The third-order valence-corrected chi connectivity index (χ3v) is 5.71. The number of hydrogen-bond donors (Lipinski definition) is 0. The Morgan fingerprint density at radius 3 is 2.56 bits per heavy atom. The molecule has 4 nitrogen and oxygen atoms in total. The summed E-state index contributed by atoms with van der Waals surface area (Å²) in [4.78, 5) is 20.9. The zero-order valence-electron chi connectivity index (χ0n) is 13.3. The van der Waals surface area contributed by atoms with Gasteiger partial charge >= 0.3 is 0 Å². The number of carbonyl (C=O) groups is 1. The van der Waals surface area contributed by atoms with Crippen molar-refractivity contribution >= 4 is 44.2 Å². The van der Waals surface area contributed by atoms with Crippen LogP contribution in [0.5, 0.6) is 0 Å². The van der Waals surface area contributed by atoms with Crippen LogP contribution in [0, 0.1) is 5.82 Å². The first-order chi connectivity index (χ1) is 12.1. The van der Waals surface area contributed by atoms with Crippen molar-refractivity contribution in [3.8, 4) is 0 Å². The first-order valence-corrected chi connectivity index (χ1v) is 9.17. The molecule has 1 fully saturated rings. The number of nitrogens with zero attached hydrogens (tertiary/aromatic N) is 3. The molecule has 0 saturated carbocycles. The minimum Gasteiger partial charge on any atom is -0.345 e. The Hall–Kier alpha value is -2.18. The lowest BCUT2D eigenvalue weighted by molar-refractivity contribution is 0.0747. The number of aromatic nitrogens is 1. The number of halogens is 2. The molecular weight excluding hydrogens is 361 g/mol. The number of thiazole rings is 1. The SMILES string of the molecule is O=C(c1ccccc1Cl)N1CCN(c2nc3c(F)cccc3s2)CC1. The van der Waals surface area contributed by atoms with E-state index in [4.69, 9.17) is 11.6 Å². The first kappa shape index (κ1) is 16.3. The van der Waals surface area contributed by atoms with E-state index in [0.717, 1.165) is 9.83 Å². The largest absolute Gasteiger partial charge is 0.345 e. The molecule has 3 aromatic rings. The van der Waals surface area contributed by atoms with Crippen LogP contribution in [-0.4, -0.2) is 42.0 Å². The third-order valence-electron chi connectivity index (χ3n) is 4.30. The summed E-state index contributed by atoms with van der Waals surface area (Å²) < 4.78 is 14.7. The Morgan fingerprint density at radius 2 is 1.84 bits per heavy atom. The quantitative estimate of drug-likeness (QED) is 0.678. The van der Waals surface area contributed by atoms with Gasteiger partial charge in [0.05, 0.1) is 15.3 Å². The number of anilines is 1.